The first-order valence-corrected chi connectivity index (χ1v) is 13.7. The number of anilines is 3. The molecule has 2 heterocycles. The second kappa shape index (κ2) is 10.6. The number of hydrogen-bond acceptors (Lipinski definition) is 8. The monoisotopic (exact) mass is 514 g/mol. The number of aromatic amines is 1. The van der Waals surface area contributed by atoms with Crippen LogP contribution in [0.5, 0.6) is 0 Å². The molecule has 0 saturated heterocycles. The maximum absolute atomic E-state index is 15.5. The predicted molar refractivity (Wildman–Crippen MR) is 138 cm³/mol. The summed E-state index contributed by atoms with van der Waals surface area (Å²) in [6.07, 6.45) is 8.88. The van der Waals surface area contributed by atoms with Gasteiger partial charge in [-0.05, 0) is 63.2 Å². The van der Waals surface area contributed by atoms with Crippen LogP contribution in [0.4, 0.5) is 22.0 Å². The van der Waals surface area contributed by atoms with Gasteiger partial charge in [0.1, 0.15) is 12.3 Å². The number of nitrogens with one attached hydrogen (secondary N) is 2. The van der Waals surface area contributed by atoms with Gasteiger partial charge in [0.2, 0.25) is 5.95 Å². The molecule has 4 aliphatic rings. The fraction of sp³-hybridized carbons (Fsp3) is 0.704. The molecule has 37 heavy (non-hydrogen) atoms. The average Bonchev–Trinajstić information content (AvgIpc) is 3.25. The van der Waals surface area contributed by atoms with Crippen molar-refractivity contribution in [2.24, 2.45) is 17.8 Å². The number of carbonyl (C=O) groups is 1. The predicted octanol–water partition coefficient (Wildman–Crippen LogP) is 4.78. The molecule has 9 nitrogen and oxygen atoms in total. The van der Waals surface area contributed by atoms with E-state index in [1.165, 1.54) is 0 Å². The maximum Gasteiger partial charge on any atom is 0.306 e. The van der Waals surface area contributed by atoms with Crippen LogP contribution < -0.4 is 10.2 Å². The van der Waals surface area contributed by atoms with Crippen molar-refractivity contribution in [3.8, 4) is 0 Å². The normalized spacial score (nSPS) is 27.9. The molecule has 0 aliphatic heterocycles. The smallest absolute Gasteiger partial charge is 0.306 e. The third-order valence-corrected chi connectivity index (χ3v) is 8.42. The largest absolute Gasteiger partial charge is 0.459 e. The number of aryl methyl sites for hydroxylation is 1. The number of nitrogens with zero attached hydrogens (tertiary/aromatic N) is 4. The summed E-state index contributed by atoms with van der Waals surface area (Å²) < 4.78 is 20.9. The van der Waals surface area contributed by atoms with Crippen LogP contribution in [0.2, 0.25) is 0 Å². The summed E-state index contributed by atoms with van der Waals surface area (Å²) >= 11 is 0. The molecule has 2 atom stereocenters. The molecule has 202 valence electrons. The topological polar surface area (TPSA) is 116 Å². The summed E-state index contributed by atoms with van der Waals surface area (Å²) in [6, 6.07) is 1.94. The Morgan fingerprint density at radius 3 is 2.65 bits per heavy atom. The van der Waals surface area contributed by atoms with Gasteiger partial charge in [0.05, 0.1) is 5.60 Å². The van der Waals surface area contributed by atoms with Crippen molar-refractivity contribution in [3.63, 3.8) is 0 Å². The van der Waals surface area contributed by atoms with Crippen LogP contribution >= 0.6 is 0 Å². The molecule has 2 aromatic heterocycles. The second-order valence-electron chi connectivity index (χ2n) is 11.5. The third kappa shape index (κ3) is 5.58. The van der Waals surface area contributed by atoms with Crippen LogP contribution in [0.15, 0.2) is 6.07 Å². The summed E-state index contributed by atoms with van der Waals surface area (Å²) in [5.74, 6) is 1.10. The van der Waals surface area contributed by atoms with Gasteiger partial charge in [-0.25, -0.2) is 9.37 Å². The molecular weight excluding hydrogens is 475 g/mol. The van der Waals surface area contributed by atoms with Crippen molar-refractivity contribution in [1.82, 2.24) is 20.2 Å². The molecule has 6 rings (SSSR count). The minimum absolute atomic E-state index is 0.000195. The number of ether oxygens (including phenoxy) is 1. The van der Waals surface area contributed by atoms with E-state index in [1.54, 1.807) is 6.07 Å². The van der Waals surface area contributed by atoms with E-state index in [4.69, 9.17) is 4.74 Å². The molecule has 0 radical (unpaired) electrons. The van der Waals surface area contributed by atoms with Crippen molar-refractivity contribution >= 4 is 23.6 Å². The van der Waals surface area contributed by atoms with E-state index in [0.29, 0.717) is 35.9 Å². The molecule has 2 aromatic rings. The van der Waals surface area contributed by atoms with Gasteiger partial charge in [-0.1, -0.05) is 26.2 Å². The molecule has 0 amide bonds. The zero-order valence-electron chi connectivity index (χ0n) is 22.1. The van der Waals surface area contributed by atoms with Gasteiger partial charge in [0, 0.05) is 31.3 Å². The standard InChI is InChI=1S/C27H39FN6O3/c1-4-5-6-7-8-22(35)37-15-20-23(28)25(30-21-9-16(2)32-33-21)31-26(29-20)34(3)24-18-10-17-11-19(24)14-27(36,12-17)13-18/h9,17-19,24,36H,4-8,10-15H2,1-3H3,(H2,29,30,31,32,33). The molecule has 4 fully saturated rings. The first-order valence-electron chi connectivity index (χ1n) is 13.7. The minimum Gasteiger partial charge on any atom is -0.459 e. The highest BCUT2D eigenvalue weighted by Gasteiger charge is 2.56. The zero-order valence-corrected chi connectivity index (χ0v) is 22.1. The van der Waals surface area contributed by atoms with E-state index in [-0.39, 0.29) is 30.1 Å². The molecule has 10 heteroatoms. The molecule has 0 aromatic carbocycles. The molecule has 0 spiro atoms. The van der Waals surface area contributed by atoms with Crippen molar-refractivity contribution in [1.29, 1.82) is 0 Å². The highest BCUT2D eigenvalue weighted by molar-refractivity contribution is 5.69. The van der Waals surface area contributed by atoms with Crippen molar-refractivity contribution in [2.75, 3.05) is 17.3 Å². The van der Waals surface area contributed by atoms with Crippen LogP contribution in [-0.2, 0) is 16.1 Å². The zero-order chi connectivity index (χ0) is 26.2. The first kappa shape index (κ1) is 25.9. The van der Waals surface area contributed by atoms with Crippen LogP contribution in [0.25, 0.3) is 0 Å². The Morgan fingerprint density at radius 1 is 1.24 bits per heavy atom. The molecule has 4 aliphatic carbocycles. The van der Waals surface area contributed by atoms with Crippen molar-refractivity contribution in [3.05, 3.63) is 23.3 Å². The van der Waals surface area contributed by atoms with Gasteiger partial charge in [-0.2, -0.15) is 10.1 Å². The molecule has 2 unspecified atom stereocenters. The summed E-state index contributed by atoms with van der Waals surface area (Å²) in [5, 5.41) is 21.0. The summed E-state index contributed by atoms with van der Waals surface area (Å²) in [6.45, 7) is 3.72. The highest BCUT2D eigenvalue weighted by Crippen LogP contribution is 2.57. The lowest BCUT2D eigenvalue weighted by atomic mass is 9.52. The van der Waals surface area contributed by atoms with Crippen LogP contribution in [0.1, 0.15) is 82.5 Å². The number of rotatable bonds is 11. The number of aliphatic hydroxyl groups is 1. The molecule has 3 N–H and O–H groups in total. The Hall–Kier alpha value is -2.75. The van der Waals surface area contributed by atoms with Crippen molar-refractivity contribution < 1.29 is 19.0 Å². The van der Waals surface area contributed by atoms with Crippen molar-refractivity contribution in [2.45, 2.75) is 96.3 Å². The number of aromatic nitrogens is 4. The number of carbonyl (C=O) groups excluding carboxylic acids is 1. The number of hydrogen-bond donors (Lipinski definition) is 3. The van der Waals surface area contributed by atoms with Gasteiger partial charge in [-0.15, -0.1) is 0 Å². The van der Waals surface area contributed by atoms with E-state index in [0.717, 1.165) is 63.5 Å². The van der Waals surface area contributed by atoms with Gasteiger partial charge < -0.3 is 20.1 Å². The Balaban J connectivity index is 1.37. The fourth-order valence-electron chi connectivity index (χ4n) is 7.06. The first-order chi connectivity index (χ1) is 17.7. The Morgan fingerprint density at radius 2 is 2.00 bits per heavy atom. The number of H-pyrrole nitrogens is 1. The quantitative estimate of drug-likeness (QED) is 0.290. The second-order valence-corrected chi connectivity index (χ2v) is 11.5. The summed E-state index contributed by atoms with van der Waals surface area (Å²) in [7, 11) is 1.95. The lowest BCUT2D eigenvalue weighted by molar-refractivity contribution is -0.145. The number of esters is 1. The minimum atomic E-state index is -0.657. The van der Waals surface area contributed by atoms with E-state index >= 15 is 4.39 Å². The van der Waals surface area contributed by atoms with E-state index in [1.807, 2.05) is 18.9 Å². The van der Waals surface area contributed by atoms with E-state index in [9.17, 15) is 9.90 Å². The van der Waals surface area contributed by atoms with Gasteiger partial charge in [0.25, 0.3) is 0 Å². The lowest BCUT2D eigenvalue weighted by Gasteiger charge is -2.59. The van der Waals surface area contributed by atoms with Crippen LogP contribution in [0.3, 0.4) is 0 Å². The molecule has 4 saturated carbocycles. The van der Waals surface area contributed by atoms with E-state index in [2.05, 4.69) is 32.4 Å². The summed E-state index contributed by atoms with van der Waals surface area (Å²) in [4.78, 5) is 23.4. The lowest BCUT2D eigenvalue weighted by Crippen LogP contribution is -2.61. The van der Waals surface area contributed by atoms with E-state index < -0.39 is 11.4 Å². The molecular formula is C27H39FN6O3. The van der Waals surface area contributed by atoms with Gasteiger partial charge in [0.15, 0.2) is 17.5 Å². The number of halogens is 1. The maximum atomic E-state index is 15.5. The van der Waals surface area contributed by atoms with Gasteiger partial charge in [-0.3, -0.25) is 9.89 Å². The Labute approximate surface area is 217 Å². The Bertz CT molecular complexity index is 1110. The Kier molecular flexibility index (Phi) is 7.38. The fourth-order valence-corrected chi connectivity index (χ4v) is 7.06. The number of unbranched alkanes of at least 4 members (excludes halogenated alkanes) is 3. The van der Waals surface area contributed by atoms with Crippen LogP contribution in [-0.4, -0.2) is 49.9 Å². The molecule has 4 bridgehead atoms. The highest BCUT2D eigenvalue weighted by atomic mass is 19.1. The third-order valence-electron chi connectivity index (χ3n) is 8.42. The van der Waals surface area contributed by atoms with Gasteiger partial charge >= 0.3 is 5.97 Å². The van der Waals surface area contributed by atoms with Crippen LogP contribution in [0, 0.1) is 30.5 Å². The SMILES string of the molecule is CCCCCCC(=O)OCc1nc(N(C)C2C3CC4CC2CC(O)(C4)C3)nc(Nc2cc(C)[nH]n2)c1F. The average molecular weight is 515 g/mol. The summed E-state index contributed by atoms with van der Waals surface area (Å²) in [5.41, 5.74) is 0.326.